The molecule has 1 heterocycles. The van der Waals surface area contributed by atoms with E-state index in [1.165, 1.54) is 49.4 Å². The van der Waals surface area contributed by atoms with Crippen LogP contribution in [0, 0.1) is 11.8 Å². The predicted molar refractivity (Wildman–Crippen MR) is 82.3 cm³/mol. The van der Waals surface area contributed by atoms with Crippen molar-refractivity contribution in [2.75, 3.05) is 12.3 Å². The maximum Gasteiger partial charge on any atom is 0.157 e. The van der Waals surface area contributed by atoms with Crippen LogP contribution in [-0.4, -0.2) is 23.0 Å². The summed E-state index contributed by atoms with van der Waals surface area (Å²) in [5.41, 5.74) is 0.397. The third kappa shape index (κ3) is 3.91. The Morgan fingerprint density at radius 2 is 2.11 bits per heavy atom. The molecule has 1 spiro atoms. The summed E-state index contributed by atoms with van der Waals surface area (Å²) in [5.74, 6) is 2.97. The Kier molecular flexibility index (Phi) is 4.99. The summed E-state index contributed by atoms with van der Waals surface area (Å²) in [6, 6.07) is 0. The molecule has 1 aliphatic carbocycles. The van der Waals surface area contributed by atoms with Gasteiger partial charge in [0.25, 0.3) is 0 Å². The fraction of sp³-hybridized carbons (Fsp3) is 0.933. The molecule has 0 unspecified atom stereocenters. The second-order valence-corrected chi connectivity index (χ2v) is 7.56. The van der Waals surface area contributed by atoms with E-state index in [4.69, 9.17) is 4.99 Å². The standard InChI is InChI=1S/C15H28N2S/c1-12(2)5-4-10-16-14-17-15(11-18-14)8-6-13(3)7-9-15/h12-13H,4-11H2,1-3H3,(H,16,17). The summed E-state index contributed by atoms with van der Waals surface area (Å²) < 4.78 is 0. The van der Waals surface area contributed by atoms with Crippen LogP contribution in [0.25, 0.3) is 0 Å². The van der Waals surface area contributed by atoms with Crippen LogP contribution in [0.3, 0.4) is 0 Å². The Bertz CT molecular complexity index is 291. The van der Waals surface area contributed by atoms with Crippen molar-refractivity contribution in [2.24, 2.45) is 16.8 Å². The Morgan fingerprint density at radius 1 is 1.39 bits per heavy atom. The summed E-state index contributed by atoms with van der Waals surface area (Å²) in [6.07, 6.45) is 7.97. The lowest BCUT2D eigenvalue weighted by atomic mass is 9.78. The average molecular weight is 268 g/mol. The maximum absolute atomic E-state index is 4.73. The molecule has 2 rings (SSSR count). The molecule has 2 nitrogen and oxygen atoms in total. The first kappa shape index (κ1) is 14.2. The summed E-state index contributed by atoms with van der Waals surface area (Å²) >= 11 is 1.95. The first-order chi connectivity index (χ1) is 8.60. The molecule has 1 N–H and O–H groups in total. The number of hydrogen-bond acceptors (Lipinski definition) is 2. The van der Waals surface area contributed by atoms with Crippen molar-refractivity contribution in [3.63, 3.8) is 0 Å². The van der Waals surface area contributed by atoms with E-state index in [1.54, 1.807) is 0 Å². The molecular formula is C15H28N2S. The topological polar surface area (TPSA) is 24.4 Å². The van der Waals surface area contributed by atoms with Gasteiger partial charge in [-0.2, -0.15) is 0 Å². The summed E-state index contributed by atoms with van der Waals surface area (Å²) in [6.45, 7) is 7.96. The van der Waals surface area contributed by atoms with Gasteiger partial charge < -0.3 is 5.32 Å². The van der Waals surface area contributed by atoms with Gasteiger partial charge in [0.15, 0.2) is 5.17 Å². The van der Waals surface area contributed by atoms with Gasteiger partial charge in [-0.25, -0.2) is 0 Å². The van der Waals surface area contributed by atoms with E-state index in [1.807, 2.05) is 11.8 Å². The first-order valence-corrected chi connectivity index (χ1v) is 8.54. The molecule has 104 valence electrons. The SMILES string of the molecule is CC(C)CCCN=C1NC2(CCC(C)CC2)CS1. The molecule has 18 heavy (non-hydrogen) atoms. The second kappa shape index (κ2) is 6.31. The number of aliphatic imine (C=N–C) groups is 1. The maximum atomic E-state index is 4.73. The van der Waals surface area contributed by atoms with Crippen molar-refractivity contribution in [3.05, 3.63) is 0 Å². The van der Waals surface area contributed by atoms with Crippen molar-refractivity contribution in [1.82, 2.24) is 5.32 Å². The van der Waals surface area contributed by atoms with Crippen molar-refractivity contribution in [2.45, 2.75) is 64.8 Å². The molecule has 0 aromatic heterocycles. The lowest BCUT2D eigenvalue weighted by Gasteiger charge is -2.35. The highest BCUT2D eigenvalue weighted by molar-refractivity contribution is 8.14. The molecule has 0 amide bonds. The Labute approximate surface area is 116 Å². The molecule has 1 aliphatic heterocycles. The van der Waals surface area contributed by atoms with Crippen LogP contribution < -0.4 is 5.32 Å². The van der Waals surface area contributed by atoms with Gasteiger partial charge >= 0.3 is 0 Å². The van der Waals surface area contributed by atoms with E-state index >= 15 is 0 Å². The Hall–Kier alpha value is -0.180. The molecule has 0 bridgehead atoms. The Morgan fingerprint density at radius 3 is 2.78 bits per heavy atom. The van der Waals surface area contributed by atoms with Crippen molar-refractivity contribution in [3.8, 4) is 0 Å². The highest BCUT2D eigenvalue weighted by Crippen LogP contribution is 2.38. The molecule has 2 aliphatic rings. The van der Waals surface area contributed by atoms with E-state index in [-0.39, 0.29) is 0 Å². The van der Waals surface area contributed by atoms with Gasteiger partial charge in [0.05, 0.1) is 0 Å². The zero-order valence-electron chi connectivity index (χ0n) is 12.2. The van der Waals surface area contributed by atoms with E-state index in [0.29, 0.717) is 5.54 Å². The van der Waals surface area contributed by atoms with Crippen LogP contribution in [0.1, 0.15) is 59.3 Å². The number of thioether (sulfide) groups is 1. The number of rotatable bonds is 4. The number of nitrogens with one attached hydrogen (secondary N) is 1. The summed E-state index contributed by atoms with van der Waals surface area (Å²) in [7, 11) is 0. The van der Waals surface area contributed by atoms with E-state index in [9.17, 15) is 0 Å². The summed E-state index contributed by atoms with van der Waals surface area (Å²) in [4.78, 5) is 4.73. The van der Waals surface area contributed by atoms with E-state index < -0.39 is 0 Å². The predicted octanol–water partition coefficient (Wildman–Crippen LogP) is 4.06. The van der Waals surface area contributed by atoms with Gasteiger partial charge in [-0.1, -0.05) is 32.5 Å². The first-order valence-electron chi connectivity index (χ1n) is 7.55. The third-order valence-electron chi connectivity index (χ3n) is 4.28. The van der Waals surface area contributed by atoms with Crippen molar-refractivity contribution < 1.29 is 0 Å². The molecule has 3 heteroatoms. The lowest BCUT2D eigenvalue weighted by Crippen LogP contribution is -2.46. The van der Waals surface area contributed by atoms with Gasteiger partial charge in [-0.15, -0.1) is 0 Å². The molecular weight excluding hydrogens is 240 g/mol. The van der Waals surface area contributed by atoms with Crippen LogP contribution in [0.2, 0.25) is 0 Å². The average Bonchev–Trinajstić information content (AvgIpc) is 2.73. The lowest BCUT2D eigenvalue weighted by molar-refractivity contribution is 0.251. The van der Waals surface area contributed by atoms with Gasteiger partial charge in [0.1, 0.15) is 0 Å². The van der Waals surface area contributed by atoms with Gasteiger partial charge in [-0.05, 0) is 50.4 Å². The van der Waals surface area contributed by atoms with Gasteiger partial charge in [0.2, 0.25) is 0 Å². The zero-order chi connectivity index (χ0) is 13.0. The van der Waals surface area contributed by atoms with Crippen LogP contribution in [-0.2, 0) is 0 Å². The molecule has 1 saturated heterocycles. The second-order valence-electron chi connectivity index (χ2n) is 6.60. The minimum Gasteiger partial charge on any atom is -0.359 e. The minimum absolute atomic E-state index is 0.397. The Balaban J connectivity index is 1.75. The van der Waals surface area contributed by atoms with Gasteiger partial charge in [0, 0.05) is 17.8 Å². The highest BCUT2D eigenvalue weighted by atomic mass is 32.2. The van der Waals surface area contributed by atoms with Crippen molar-refractivity contribution in [1.29, 1.82) is 0 Å². The van der Waals surface area contributed by atoms with Crippen LogP contribution >= 0.6 is 11.8 Å². The molecule has 0 atom stereocenters. The van der Waals surface area contributed by atoms with E-state index in [0.717, 1.165) is 18.4 Å². The number of hydrogen-bond donors (Lipinski definition) is 1. The smallest absolute Gasteiger partial charge is 0.157 e. The van der Waals surface area contributed by atoms with Gasteiger partial charge in [-0.3, -0.25) is 4.99 Å². The largest absolute Gasteiger partial charge is 0.359 e. The third-order valence-corrected chi connectivity index (χ3v) is 5.49. The normalized spacial score (nSPS) is 34.4. The fourth-order valence-corrected chi connectivity index (χ4v) is 4.10. The van der Waals surface area contributed by atoms with Crippen LogP contribution in [0.5, 0.6) is 0 Å². The molecule has 0 radical (unpaired) electrons. The monoisotopic (exact) mass is 268 g/mol. The summed E-state index contributed by atoms with van der Waals surface area (Å²) in [5, 5.41) is 4.94. The molecule has 0 aromatic carbocycles. The van der Waals surface area contributed by atoms with Crippen molar-refractivity contribution >= 4 is 16.9 Å². The van der Waals surface area contributed by atoms with Crippen LogP contribution in [0.4, 0.5) is 0 Å². The fourth-order valence-electron chi connectivity index (χ4n) is 2.85. The van der Waals surface area contributed by atoms with Crippen LogP contribution in [0.15, 0.2) is 4.99 Å². The molecule has 0 aromatic rings. The minimum atomic E-state index is 0.397. The molecule has 2 fully saturated rings. The zero-order valence-corrected chi connectivity index (χ0v) is 13.0. The number of amidine groups is 1. The molecule has 1 saturated carbocycles. The highest BCUT2D eigenvalue weighted by Gasteiger charge is 2.39. The number of nitrogens with zero attached hydrogens (tertiary/aromatic N) is 1. The van der Waals surface area contributed by atoms with E-state index in [2.05, 4.69) is 26.1 Å². The quantitative estimate of drug-likeness (QED) is 0.777.